The highest BCUT2D eigenvalue weighted by atomic mass is 32.2. The summed E-state index contributed by atoms with van der Waals surface area (Å²) >= 11 is 1.86. The molecule has 1 rings (SSSR count). The number of carbonyl (C=O) groups is 1. The number of amides is 1. The zero-order valence-electron chi connectivity index (χ0n) is 9.77. The molecule has 0 aromatic carbocycles. The standard InChI is InChI=1S/C11H22N2OS/c1-11(5-7-12-9-11)10(14)13-6-3-4-8-15-2/h12H,3-9H2,1-2H3,(H,13,14). The van der Waals surface area contributed by atoms with Gasteiger partial charge >= 0.3 is 0 Å². The molecule has 1 saturated heterocycles. The summed E-state index contributed by atoms with van der Waals surface area (Å²) < 4.78 is 0. The fourth-order valence-corrected chi connectivity index (χ4v) is 2.29. The molecule has 1 aliphatic heterocycles. The van der Waals surface area contributed by atoms with Gasteiger partial charge < -0.3 is 10.6 Å². The summed E-state index contributed by atoms with van der Waals surface area (Å²) in [4.78, 5) is 11.8. The number of unbranched alkanes of at least 4 members (excludes halogenated alkanes) is 1. The maximum absolute atomic E-state index is 11.8. The Morgan fingerprint density at radius 2 is 2.33 bits per heavy atom. The molecule has 2 N–H and O–H groups in total. The first kappa shape index (κ1) is 12.8. The zero-order valence-corrected chi connectivity index (χ0v) is 10.6. The van der Waals surface area contributed by atoms with Crippen LogP contribution >= 0.6 is 11.8 Å². The van der Waals surface area contributed by atoms with E-state index in [4.69, 9.17) is 0 Å². The van der Waals surface area contributed by atoms with E-state index in [-0.39, 0.29) is 11.3 Å². The van der Waals surface area contributed by atoms with Crippen LogP contribution in [0.4, 0.5) is 0 Å². The van der Waals surface area contributed by atoms with Crippen molar-refractivity contribution in [2.24, 2.45) is 5.41 Å². The lowest BCUT2D eigenvalue weighted by Crippen LogP contribution is -2.40. The van der Waals surface area contributed by atoms with Crippen LogP contribution < -0.4 is 10.6 Å². The molecule has 88 valence electrons. The summed E-state index contributed by atoms with van der Waals surface area (Å²) in [5.74, 6) is 1.41. The summed E-state index contributed by atoms with van der Waals surface area (Å²) in [6, 6.07) is 0. The number of nitrogens with one attached hydrogen (secondary N) is 2. The largest absolute Gasteiger partial charge is 0.356 e. The summed E-state index contributed by atoms with van der Waals surface area (Å²) in [6.07, 6.45) is 5.36. The quantitative estimate of drug-likeness (QED) is 0.675. The normalized spacial score (nSPS) is 25.5. The molecule has 0 spiro atoms. The second-order valence-electron chi connectivity index (χ2n) is 4.44. The first-order valence-corrected chi connectivity index (χ1v) is 7.06. The van der Waals surface area contributed by atoms with Crippen LogP contribution in [0.3, 0.4) is 0 Å². The molecule has 15 heavy (non-hydrogen) atoms. The van der Waals surface area contributed by atoms with Gasteiger partial charge in [-0.05, 0) is 44.7 Å². The van der Waals surface area contributed by atoms with Gasteiger partial charge in [-0.15, -0.1) is 0 Å². The first-order chi connectivity index (χ1) is 7.19. The van der Waals surface area contributed by atoms with Crippen molar-refractivity contribution in [1.82, 2.24) is 10.6 Å². The minimum atomic E-state index is -0.167. The topological polar surface area (TPSA) is 41.1 Å². The Balaban J connectivity index is 2.12. The highest BCUT2D eigenvalue weighted by Gasteiger charge is 2.35. The van der Waals surface area contributed by atoms with E-state index in [0.717, 1.165) is 32.5 Å². The van der Waals surface area contributed by atoms with Gasteiger partial charge in [-0.2, -0.15) is 11.8 Å². The van der Waals surface area contributed by atoms with E-state index in [0.29, 0.717) is 0 Å². The Morgan fingerprint density at radius 1 is 1.53 bits per heavy atom. The number of hydrogen-bond donors (Lipinski definition) is 2. The summed E-state index contributed by atoms with van der Waals surface area (Å²) in [7, 11) is 0. The molecule has 0 aromatic heterocycles. The molecule has 4 heteroatoms. The van der Waals surface area contributed by atoms with Gasteiger partial charge in [-0.25, -0.2) is 0 Å². The van der Waals surface area contributed by atoms with Crippen molar-refractivity contribution < 1.29 is 4.79 Å². The van der Waals surface area contributed by atoms with Crippen molar-refractivity contribution in [3.05, 3.63) is 0 Å². The second kappa shape index (κ2) is 6.38. The smallest absolute Gasteiger partial charge is 0.227 e. The van der Waals surface area contributed by atoms with E-state index >= 15 is 0 Å². The number of hydrogen-bond acceptors (Lipinski definition) is 3. The molecule has 0 radical (unpaired) electrons. The minimum Gasteiger partial charge on any atom is -0.356 e. The van der Waals surface area contributed by atoms with Gasteiger partial charge in [0.15, 0.2) is 0 Å². The summed E-state index contributed by atoms with van der Waals surface area (Å²) in [6.45, 7) is 4.67. The Morgan fingerprint density at radius 3 is 2.93 bits per heavy atom. The van der Waals surface area contributed by atoms with E-state index in [9.17, 15) is 4.79 Å². The van der Waals surface area contributed by atoms with Gasteiger partial charge in [0, 0.05) is 13.1 Å². The van der Waals surface area contributed by atoms with E-state index in [1.54, 1.807) is 0 Å². The molecule has 3 nitrogen and oxygen atoms in total. The average molecular weight is 230 g/mol. The Hall–Kier alpha value is -0.220. The summed E-state index contributed by atoms with van der Waals surface area (Å²) in [5, 5.41) is 6.28. The highest BCUT2D eigenvalue weighted by molar-refractivity contribution is 7.98. The van der Waals surface area contributed by atoms with Gasteiger partial charge in [0.2, 0.25) is 5.91 Å². The van der Waals surface area contributed by atoms with Crippen molar-refractivity contribution in [3.63, 3.8) is 0 Å². The van der Waals surface area contributed by atoms with Crippen molar-refractivity contribution >= 4 is 17.7 Å². The molecule has 1 atom stereocenters. The van der Waals surface area contributed by atoms with Gasteiger partial charge in [0.05, 0.1) is 5.41 Å². The van der Waals surface area contributed by atoms with E-state index in [1.165, 1.54) is 12.2 Å². The molecule has 0 aliphatic carbocycles. The van der Waals surface area contributed by atoms with E-state index in [2.05, 4.69) is 16.9 Å². The SMILES string of the molecule is CSCCCCNC(=O)C1(C)CCNC1. The summed E-state index contributed by atoms with van der Waals surface area (Å²) in [5.41, 5.74) is -0.167. The highest BCUT2D eigenvalue weighted by Crippen LogP contribution is 2.24. The molecule has 1 aliphatic rings. The second-order valence-corrected chi connectivity index (χ2v) is 5.43. The molecule has 0 bridgehead atoms. The van der Waals surface area contributed by atoms with Crippen LogP contribution in [-0.2, 0) is 4.79 Å². The third-order valence-corrected chi connectivity index (χ3v) is 3.67. The predicted molar refractivity (Wildman–Crippen MR) is 66.2 cm³/mol. The fraction of sp³-hybridized carbons (Fsp3) is 0.909. The van der Waals surface area contributed by atoms with E-state index < -0.39 is 0 Å². The molecule has 1 heterocycles. The van der Waals surface area contributed by atoms with Crippen LogP contribution in [0.5, 0.6) is 0 Å². The zero-order chi connectivity index (χ0) is 11.1. The molecule has 1 unspecified atom stereocenters. The minimum absolute atomic E-state index is 0.167. The number of thioether (sulfide) groups is 1. The van der Waals surface area contributed by atoms with Crippen LogP contribution in [0.25, 0.3) is 0 Å². The van der Waals surface area contributed by atoms with Crippen LogP contribution in [0.2, 0.25) is 0 Å². The van der Waals surface area contributed by atoms with Gasteiger partial charge in [-0.3, -0.25) is 4.79 Å². The number of carbonyl (C=O) groups excluding carboxylic acids is 1. The lowest BCUT2D eigenvalue weighted by atomic mass is 9.89. The Kier molecular flexibility index (Phi) is 5.47. The predicted octanol–water partition coefficient (Wildman–Crippen LogP) is 1.25. The maximum Gasteiger partial charge on any atom is 0.227 e. The molecular weight excluding hydrogens is 208 g/mol. The van der Waals surface area contributed by atoms with Crippen LogP contribution in [0, 0.1) is 5.41 Å². The lowest BCUT2D eigenvalue weighted by molar-refractivity contribution is -0.129. The fourth-order valence-electron chi connectivity index (χ4n) is 1.80. The Labute approximate surface area is 96.8 Å². The molecule has 0 aromatic rings. The monoisotopic (exact) mass is 230 g/mol. The van der Waals surface area contributed by atoms with Crippen LogP contribution in [0.15, 0.2) is 0 Å². The number of rotatable bonds is 6. The maximum atomic E-state index is 11.8. The third-order valence-electron chi connectivity index (χ3n) is 2.98. The first-order valence-electron chi connectivity index (χ1n) is 5.67. The molecule has 1 fully saturated rings. The van der Waals surface area contributed by atoms with Crippen LogP contribution in [0.1, 0.15) is 26.2 Å². The average Bonchev–Trinajstić information content (AvgIpc) is 2.66. The van der Waals surface area contributed by atoms with Gasteiger partial charge in [0.1, 0.15) is 0 Å². The molecule has 1 amide bonds. The van der Waals surface area contributed by atoms with Crippen molar-refractivity contribution in [2.45, 2.75) is 26.2 Å². The molecule has 0 saturated carbocycles. The van der Waals surface area contributed by atoms with Crippen molar-refractivity contribution in [2.75, 3.05) is 31.6 Å². The van der Waals surface area contributed by atoms with Gasteiger partial charge in [0.25, 0.3) is 0 Å². The van der Waals surface area contributed by atoms with Crippen molar-refractivity contribution in [3.8, 4) is 0 Å². The molecular formula is C11H22N2OS. The lowest BCUT2D eigenvalue weighted by Gasteiger charge is -2.21. The van der Waals surface area contributed by atoms with Crippen LogP contribution in [-0.4, -0.2) is 37.6 Å². The van der Waals surface area contributed by atoms with Crippen molar-refractivity contribution in [1.29, 1.82) is 0 Å². The Bertz CT molecular complexity index is 203. The third kappa shape index (κ3) is 4.03. The van der Waals surface area contributed by atoms with E-state index in [1.807, 2.05) is 18.7 Å². The van der Waals surface area contributed by atoms with Gasteiger partial charge in [-0.1, -0.05) is 0 Å².